The number of aliphatic hydroxyl groups excluding tert-OH is 1. The normalized spacial score (nSPS) is 19.9. The van der Waals surface area contributed by atoms with E-state index in [1.54, 1.807) is 71.6 Å². The molecule has 7 rings (SSSR count). The maximum atomic E-state index is 14.4. The number of rotatable bonds is 25. The van der Waals surface area contributed by atoms with E-state index in [-0.39, 0.29) is 79.6 Å². The van der Waals surface area contributed by atoms with Gasteiger partial charge in [0.05, 0.1) is 49.9 Å². The number of para-hydroxylation sites is 1. The molecule has 1 unspecified atom stereocenters. The molecular formula is C53H68N3O16PS. The molecule has 0 saturated carbocycles. The number of methoxy groups -OCH3 is 1. The molecule has 2 amide bonds. The van der Waals surface area contributed by atoms with Gasteiger partial charge in [-0.05, 0) is 111 Å². The predicted octanol–water partition coefficient (Wildman–Crippen LogP) is 7.80. The minimum atomic E-state index is -4.21. The number of amides is 2. The van der Waals surface area contributed by atoms with Gasteiger partial charge in [0.2, 0.25) is 16.4 Å². The standard InChI is InChI=1S/C53H68N3O16PS/c1-37(2)32-56(74(62,63)45-21-19-42(64-4)20-22-45)33-48(57)47(54-52(59)70-49-35-67-51-46(49)26-30-66-51)31-40-15-17-43(18-16-40)69-36-73(61,72-44-13-9-6-10-14-44)71-38(3)50(58)65-29-25-39-23-27-55(28-24-39)53(60)68-34-41-11-7-5-8-12-41/h5-22,37-39,46-49,51,57H,23-36H2,1-4H3,(H,54,59)/t38-,46-,47-,48+,49-,51+,73?/m0/s1. The van der Waals surface area contributed by atoms with Gasteiger partial charge >= 0.3 is 25.8 Å². The molecule has 402 valence electrons. The summed E-state index contributed by atoms with van der Waals surface area (Å²) in [6.07, 6.45) is -2.81. The summed E-state index contributed by atoms with van der Waals surface area (Å²) < 4.78 is 94.5. The zero-order valence-electron chi connectivity index (χ0n) is 42.2. The minimum absolute atomic E-state index is 0.0134. The Morgan fingerprint density at radius 2 is 1.50 bits per heavy atom. The van der Waals surface area contributed by atoms with Gasteiger partial charge in [-0.15, -0.1) is 0 Å². The number of hydrogen-bond donors (Lipinski definition) is 2. The number of nitrogens with zero attached hydrogens (tertiary/aromatic N) is 2. The second kappa shape index (κ2) is 26.7. The summed E-state index contributed by atoms with van der Waals surface area (Å²) in [7, 11) is -6.84. The lowest BCUT2D eigenvalue weighted by Crippen LogP contribution is -2.51. The Labute approximate surface area is 433 Å². The molecule has 0 radical (unpaired) electrons. The van der Waals surface area contributed by atoms with E-state index in [2.05, 4.69) is 5.32 Å². The number of aliphatic hydroxyl groups is 1. The number of sulfonamides is 1. The first-order chi connectivity index (χ1) is 35.6. The molecule has 3 aliphatic heterocycles. The monoisotopic (exact) mass is 1070 g/mol. The molecule has 0 bridgehead atoms. The van der Waals surface area contributed by atoms with Gasteiger partial charge in [0.1, 0.15) is 30.0 Å². The molecular weight excluding hydrogens is 998 g/mol. The molecule has 3 saturated heterocycles. The van der Waals surface area contributed by atoms with E-state index >= 15 is 0 Å². The zero-order valence-corrected chi connectivity index (χ0v) is 43.9. The lowest BCUT2D eigenvalue weighted by Gasteiger charge is -2.31. The molecule has 2 N–H and O–H groups in total. The number of piperidine rings is 1. The van der Waals surface area contributed by atoms with Crippen molar-refractivity contribution in [2.24, 2.45) is 17.8 Å². The van der Waals surface area contributed by atoms with Crippen LogP contribution in [-0.4, -0.2) is 131 Å². The van der Waals surface area contributed by atoms with Crippen LogP contribution in [0, 0.1) is 17.8 Å². The van der Waals surface area contributed by atoms with Crippen LogP contribution in [0.25, 0.3) is 0 Å². The van der Waals surface area contributed by atoms with Gasteiger partial charge in [0.15, 0.2) is 12.4 Å². The Morgan fingerprint density at radius 3 is 2.18 bits per heavy atom. The summed E-state index contributed by atoms with van der Waals surface area (Å²) in [6.45, 7) is 6.85. The summed E-state index contributed by atoms with van der Waals surface area (Å²) in [4.78, 5) is 41.0. The van der Waals surface area contributed by atoms with E-state index in [9.17, 15) is 32.5 Å². The van der Waals surface area contributed by atoms with Gasteiger partial charge in [-0.2, -0.15) is 4.31 Å². The van der Waals surface area contributed by atoms with Gasteiger partial charge in [0.25, 0.3) is 0 Å². The third-order valence-corrected chi connectivity index (χ3v) is 16.3. The average molecular weight is 1070 g/mol. The highest BCUT2D eigenvalue weighted by molar-refractivity contribution is 7.89. The summed E-state index contributed by atoms with van der Waals surface area (Å²) in [6, 6.07) is 29.3. The predicted molar refractivity (Wildman–Crippen MR) is 271 cm³/mol. The molecule has 21 heteroatoms. The summed E-state index contributed by atoms with van der Waals surface area (Å²) in [5.74, 6) is 0.193. The molecule has 4 aromatic rings. The smallest absolute Gasteiger partial charge is 0.417 e. The van der Waals surface area contributed by atoms with Crippen LogP contribution in [-0.2, 0) is 60.6 Å². The lowest BCUT2D eigenvalue weighted by atomic mass is 9.94. The van der Waals surface area contributed by atoms with Crippen molar-refractivity contribution in [3.8, 4) is 17.2 Å². The molecule has 3 heterocycles. The van der Waals surface area contributed by atoms with E-state index in [0.29, 0.717) is 43.9 Å². The molecule has 0 spiro atoms. The first kappa shape index (κ1) is 56.0. The SMILES string of the molecule is COc1ccc(S(=O)(=O)N(CC(C)C)C[C@@H](O)[C@H](Cc2ccc(OCP(=O)(Oc3ccccc3)O[C@@H](C)C(=O)OCCC3CCN(C(=O)OCc4ccccc4)CC3)cc2)NC(=O)O[C@H]2CO[C@H]3OCC[C@H]32)cc1. The molecule has 74 heavy (non-hydrogen) atoms. The quantitative estimate of drug-likeness (QED) is 0.0367. The third-order valence-electron chi connectivity index (χ3n) is 12.9. The van der Waals surface area contributed by atoms with Gasteiger partial charge < -0.3 is 53.0 Å². The van der Waals surface area contributed by atoms with Crippen molar-refractivity contribution in [1.29, 1.82) is 0 Å². The van der Waals surface area contributed by atoms with Crippen molar-refractivity contribution in [3.05, 3.63) is 120 Å². The van der Waals surface area contributed by atoms with Gasteiger partial charge in [-0.25, -0.2) is 27.4 Å². The van der Waals surface area contributed by atoms with E-state index in [0.717, 1.165) is 18.4 Å². The van der Waals surface area contributed by atoms with Crippen molar-refractivity contribution in [2.75, 3.05) is 59.5 Å². The number of esters is 1. The number of nitrogens with one attached hydrogen (secondary N) is 1. The topological polar surface area (TPSA) is 224 Å². The van der Waals surface area contributed by atoms with E-state index in [4.69, 9.17) is 42.2 Å². The van der Waals surface area contributed by atoms with Gasteiger partial charge in [-0.1, -0.05) is 74.5 Å². The number of likely N-dealkylation sites (tertiary alicyclic amines) is 1. The van der Waals surface area contributed by atoms with Crippen LogP contribution in [0.2, 0.25) is 0 Å². The molecule has 0 aliphatic carbocycles. The minimum Gasteiger partial charge on any atom is -0.497 e. The fourth-order valence-corrected chi connectivity index (χ4v) is 12.0. The van der Waals surface area contributed by atoms with Crippen molar-refractivity contribution < 1.29 is 74.7 Å². The number of fused-ring (bicyclic) bond motifs is 1. The Morgan fingerprint density at radius 1 is 0.824 bits per heavy atom. The Bertz CT molecular complexity index is 2570. The van der Waals surface area contributed by atoms with Crippen LogP contribution in [0.1, 0.15) is 57.6 Å². The maximum absolute atomic E-state index is 14.4. The number of hydrogen-bond acceptors (Lipinski definition) is 16. The first-order valence-corrected chi connectivity index (χ1v) is 28.1. The fraction of sp³-hybridized carbons (Fsp3) is 0.491. The van der Waals surface area contributed by atoms with E-state index < -0.39 is 66.7 Å². The summed E-state index contributed by atoms with van der Waals surface area (Å²) >= 11 is 0. The molecule has 4 aromatic carbocycles. The molecule has 0 aromatic heterocycles. The molecule has 3 aliphatic rings. The van der Waals surface area contributed by atoms with E-state index in [1.165, 1.54) is 30.5 Å². The highest BCUT2D eigenvalue weighted by Crippen LogP contribution is 2.49. The van der Waals surface area contributed by atoms with Crippen molar-refractivity contribution >= 4 is 35.8 Å². The largest absolute Gasteiger partial charge is 0.497 e. The van der Waals surface area contributed by atoms with Crippen LogP contribution in [0.15, 0.2) is 114 Å². The summed E-state index contributed by atoms with van der Waals surface area (Å²) in [5, 5.41) is 14.7. The zero-order chi connectivity index (χ0) is 52.7. The maximum Gasteiger partial charge on any atom is 0.417 e. The van der Waals surface area contributed by atoms with E-state index in [1.807, 2.05) is 44.2 Å². The molecule has 3 fully saturated rings. The number of alkyl carbamates (subject to hydrolysis) is 1. The van der Waals surface area contributed by atoms with Crippen molar-refractivity contribution in [2.45, 2.75) is 95.0 Å². The van der Waals surface area contributed by atoms with Crippen LogP contribution in [0.3, 0.4) is 0 Å². The Kier molecular flexibility index (Phi) is 20.2. The highest BCUT2D eigenvalue weighted by Gasteiger charge is 2.44. The molecule has 7 atom stereocenters. The highest BCUT2D eigenvalue weighted by atomic mass is 32.2. The van der Waals surface area contributed by atoms with Crippen LogP contribution in [0.4, 0.5) is 9.59 Å². The molecule has 19 nitrogen and oxygen atoms in total. The third kappa shape index (κ3) is 16.1. The fourth-order valence-electron chi connectivity index (χ4n) is 8.86. The van der Waals surface area contributed by atoms with Crippen LogP contribution in [0.5, 0.6) is 17.2 Å². The van der Waals surface area contributed by atoms with Crippen LogP contribution < -0.4 is 19.3 Å². The number of carbonyl (C=O) groups excluding carboxylic acids is 3. The first-order valence-electron chi connectivity index (χ1n) is 25.0. The Hall–Kier alpha value is -5.73. The number of ether oxygens (including phenoxy) is 7. The average Bonchev–Trinajstić information content (AvgIpc) is 4.03. The number of carbonyl (C=O) groups is 3. The summed E-state index contributed by atoms with van der Waals surface area (Å²) in [5.41, 5.74) is 1.53. The van der Waals surface area contributed by atoms with Crippen molar-refractivity contribution in [1.82, 2.24) is 14.5 Å². The van der Waals surface area contributed by atoms with Crippen LogP contribution >= 0.6 is 7.60 Å². The number of benzene rings is 4. The lowest BCUT2D eigenvalue weighted by molar-refractivity contribution is -0.151. The Balaban J connectivity index is 0.957. The second-order valence-electron chi connectivity index (χ2n) is 19.0. The van der Waals surface area contributed by atoms with Crippen molar-refractivity contribution in [3.63, 3.8) is 0 Å². The van der Waals surface area contributed by atoms with Gasteiger partial charge in [0, 0.05) is 26.2 Å². The second-order valence-corrected chi connectivity index (χ2v) is 22.8. The van der Waals surface area contributed by atoms with Gasteiger partial charge in [-0.3, -0.25) is 4.52 Å².